The van der Waals surface area contributed by atoms with Gasteiger partial charge in [-0.05, 0) is 75.2 Å². The van der Waals surface area contributed by atoms with Gasteiger partial charge in [0.05, 0.1) is 5.75 Å². The predicted molar refractivity (Wildman–Crippen MR) is 109 cm³/mol. The highest BCUT2D eigenvalue weighted by Gasteiger charge is 2.51. The van der Waals surface area contributed by atoms with Gasteiger partial charge in [0.25, 0.3) is 0 Å². The molecule has 5 nitrogen and oxygen atoms in total. The quantitative estimate of drug-likeness (QED) is 0.842. The summed E-state index contributed by atoms with van der Waals surface area (Å²) in [6.07, 6.45) is 14.2. The molecule has 4 bridgehead atoms. The summed E-state index contributed by atoms with van der Waals surface area (Å²) in [5.74, 6) is 4.47. The van der Waals surface area contributed by atoms with Gasteiger partial charge in [-0.15, -0.1) is 11.8 Å². The molecule has 1 atom stereocenters. The number of nitrogens with zero attached hydrogens (tertiary/aromatic N) is 3. The second-order valence-electron chi connectivity index (χ2n) is 9.29. The molecule has 27 heavy (non-hydrogen) atoms. The van der Waals surface area contributed by atoms with E-state index in [1.54, 1.807) is 12.4 Å². The van der Waals surface area contributed by atoms with Gasteiger partial charge in [-0.2, -0.15) is 0 Å². The van der Waals surface area contributed by atoms with Crippen molar-refractivity contribution in [3.8, 4) is 0 Å². The second kappa shape index (κ2) is 7.26. The number of carbonyl (C=O) groups is 1. The number of aromatic nitrogens is 2. The molecule has 2 heterocycles. The first-order valence-corrected chi connectivity index (χ1v) is 11.6. The minimum atomic E-state index is 0.215. The molecule has 1 aliphatic heterocycles. The molecule has 6 rings (SSSR count). The van der Waals surface area contributed by atoms with E-state index in [0.29, 0.717) is 10.5 Å². The number of hydrogen-bond acceptors (Lipinski definition) is 5. The van der Waals surface area contributed by atoms with Crippen LogP contribution in [-0.2, 0) is 4.79 Å². The van der Waals surface area contributed by atoms with Crippen molar-refractivity contribution in [2.24, 2.45) is 17.8 Å². The van der Waals surface area contributed by atoms with Crippen molar-refractivity contribution in [3.05, 3.63) is 18.5 Å². The van der Waals surface area contributed by atoms with E-state index in [0.717, 1.165) is 49.6 Å². The topological polar surface area (TPSA) is 58.1 Å². The highest BCUT2D eigenvalue weighted by Crippen LogP contribution is 2.60. The van der Waals surface area contributed by atoms with Crippen LogP contribution in [0, 0.1) is 17.8 Å². The Hall–Kier alpha value is -1.30. The Labute approximate surface area is 166 Å². The van der Waals surface area contributed by atoms with Crippen LogP contribution >= 0.6 is 11.8 Å². The maximum Gasteiger partial charge on any atom is 0.230 e. The number of anilines is 1. The van der Waals surface area contributed by atoms with Crippen molar-refractivity contribution in [2.45, 2.75) is 62.2 Å². The number of hydrogen-bond donors (Lipinski definition) is 1. The lowest BCUT2D eigenvalue weighted by Gasteiger charge is -2.56. The molecular formula is C21H30N4OS. The van der Waals surface area contributed by atoms with Gasteiger partial charge >= 0.3 is 0 Å². The van der Waals surface area contributed by atoms with Crippen LogP contribution in [0.15, 0.2) is 18.5 Å². The van der Waals surface area contributed by atoms with E-state index in [1.165, 1.54) is 38.5 Å². The minimum absolute atomic E-state index is 0.215. The first-order chi connectivity index (χ1) is 13.2. The summed E-state index contributed by atoms with van der Waals surface area (Å²) in [4.78, 5) is 23.6. The largest absolute Gasteiger partial charge is 0.351 e. The maximum atomic E-state index is 12.7. The SMILES string of the molecule is O=C(CSC12CC3CC(CC(C3)C1)C2)N[C@H]1CCCN(c2ncccn2)C1. The molecule has 1 N–H and O–H groups in total. The van der Waals surface area contributed by atoms with Crippen LogP contribution in [0.25, 0.3) is 0 Å². The van der Waals surface area contributed by atoms with Gasteiger partial charge in [0.15, 0.2) is 0 Å². The monoisotopic (exact) mass is 386 g/mol. The minimum Gasteiger partial charge on any atom is -0.351 e. The molecule has 1 amide bonds. The van der Waals surface area contributed by atoms with Crippen molar-refractivity contribution >= 4 is 23.6 Å². The molecule has 0 unspecified atom stereocenters. The first-order valence-electron chi connectivity index (χ1n) is 10.6. The van der Waals surface area contributed by atoms with Crippen LogP contribution < -0.4 is 10.2 Å². The van der Waals surface area contributed by atoms with Crippen molar-refractivity contribution in [2.75, 3.05) is 23.7 Å². The molecule has 0 radical (unpaired) electrons. The fourth-order valence-electron chi connectivity index (χ4n) is 6.43. The Morgan fingerprint density at radius 1 is 1.15 bits per heavy atom. The zero-order chi connectivity index (χ0) is 18.3. The molecule has 1 saturated heterocycles. The van der Waals surface area contributed by atoms with Crippen LogP contribution in [0.4, 0.5) is 5.95 Å². The molecule has 0 aromatic carbocycles. The molecular weight excluding hydrogens is 356 g/mol. The van der Waals surface area contributed by atoms with Gasteiger partial charge in [0.2, 0.25) is 11.9 Å². The zero-order valence-electron chi connectivity index (χ0n) is 16.0. The Morgan fingerprint density at radius 2 is 1.81 bits per heavy atom. The van der Waals surface area contributed by atoms with Crippen molar-refractivity contribution < 1.29 is 4.79 Å². The third kappa shape index (κ3) is 3.82. The summed E-state index contributed by atoms with van der Waals surface area (Å²) in [5, 5.41) is 3.29. The van der Waals surface area contributed by atoms with Gasteiger partial charge in [-0.3, -0.25) is 4.79 Å². The van der Waals surface area contributed by atoms with E-state index in [-0.39, 0.29) is 11.9 Å². The number of amides is 1. The van der Waals surface area contributed by atoms with Crippen molar-refractivity contribution in [1.29, 1.82) is 0 Å². The summed E-state index contributed by atoms with van der Waals surface area (Å²) < 4.78 is 0.419. The number of carbonyl (C=O) groups excluding carboxylic acids is 1. The lowest BCUT2D eigenvalue weighted by Crippen LogP contribution is -2.50. The summed E-state index contributed by atoms with van der Waals surface area (Å²) in [7, 11) is 0. The summed E-state index contributed by atoms with van der Waals surface area (Å²) in [6.45, 7) is 1.79. The summed E-state index contributed by atoms with van der Waals surface area (Å²) in [5.41, 5.74) is 0. The third-order valence-electron chi connectivity index (χ3n) is 7.11. The average Bonchev–Trinajstić information content (AvgIpc) is 2.66. The molecule has 1 aromatic heterocycles. The smallest absolute Gasteiger partial charge is 0.230 e. The van der Waals surface area contributed by atoms with Gasteiger partial charge < -0.3 is 10.2 Å². The second-order valence-corrected chi connectivity index (χ2v) is 10.7. The van der Waals surface area contributed by atoms with E-state index < -0.39 is 0 Å². The Balaban J connectivity index is 1.13. The molecule has 0 spiro atoms. The van der Waals surface area contributed by atoms with Crippen molar-refractivity contribution in [1.82, 2.24) is 15.3 Å². The fourth-order valence-corrected chi connectivity index (χ4v) is 8.01. The van der Waals surface area contributed by atoms with Crippen LogP contribution in [0.3, 0.4) is 0 Å². The molecule has 4 saturated carbocycles. The Bertz CT molecular complexity index is 647. The molecule has 6 heteroatoms. The summed E-state index contributed by atoms with van der Waals surface area (Å²) >= 11 is 1.98. The predicted octanol–water partition coefficient (Wildman–Crippen LogP) is 3.26. The summed E-state index contributed by atoms with van der Waals surface area (Å²) in [6, 6.07) is 2.06. The molecule has 146 valence electrons. The normalized spacial score (nSPS) is 37.4. The Kier molecular flexibility index (Phi) is 4.78. The van der Waals surface area contributed by atoms with Crippen molar-refractivity contribution in [3.63, 3.8) is 0 Å². The van der Waals surface area contributed by atoms with E-state index in [4.69, 9.17) is 0 Å². The van der Waals surface area contributed by atoms with Crippen LogP contribution in [0.2, 0.25) is 0 Å². The molecule has 1 aromatic rings. The third-order valence-corrected chi connectivity index (χ3v) is 8.63. The highest BCUT2D eigenvalue weighted by atomic mass is 32.2. The highest BCUT2D eigenvalue weighted by molar-refractivity contribution is 8.01. The lowest BCUT2D eigenvalue weighted by molar-refractivity contribution is -0.119. The van der Waals surface area contributed by atoms with Crippen LogP contribution in [0.1, 0.15) is 51.4 Å². The Morgan fingerprint density at radius 3 is 2.48 bits per heavy atom. The van der Waals surface area contributed by atoms with E-state index in [2.05, 4.69) is 20.2 Å². The number of piperidine rings is 1. The fraction of sp³-hybridized carbons (Fsp3) is 0.762. The zero-order valence-corrected chi connectivity index (χ0v) is 16.8. The number of thioether (sulfide) groups is 1. The standard InChI is InChI=1S/C21H30N4OS/c26-19(14-27-21-10-15-7-16(11-21)9-17(8-15)12-21)24-18-3-1-6-25(13-18)20-22-4-2-5-23-20/h2,4-5,15-18H,1,3,6-14H2,(H,24,26)/t15?,16?,17?,18-,21?/m0/s1. The number of nitrogens with one attached hydrogen (secondary N) is 1. The van der Waals surface area contributed by atoms with Gasteiger partial charge in [0, 0.05) is 36.3 Å². The van der Waals surface area contributed by atoms with E-state index in [1.807, 2.05) is 17.8 Å². The van der Waals surface area contributed by atoms with Gasteiger partial charge in [-0.25, -0.2) is 9.97 Å². The van der Waals surface area contributed by atoms with E-state index >= 15 is 0 Å². The molecule has 5 aliphatic rings. The lowest BCUT2D eigenvalue weighted by atomic mass is 9.56. The average molecular weight is 387 g/mol. The number of rotatable bonds is 5. The molecule has 5 fully saturated rings. The van der Waals surface area contributed by atoms with E-state index in [9.17, 15) is 4.79 Å². The van der Waals surface area contributed by atoms with Crippen LogP contribution in [0.5, 0.6) is 0 Å². The first kappa shape index (κ1) is 17.8. The van der Waals surface area contributed by atoms with Gasteiger partial charge in [-0.1, -0.05) is 0 Å². The maximum absolute atomic E-state index is 12.7. The van der Waals surface area contributed by atoms with Gasteiger partial charge in [0.1, 0.15) is 0 Å². The molecule has 4 aliphatic carbocycles. The van der Waals surface area contributed by atoms with Crippen LogP contribution in [-0.4, -0.2) is 45.5 Å².